The van der Waals surface area contributed by atoms with Crippen LogP contribution in [0.4, 0.5) is 22.0 Å². The van der Waals surface area contributed by atoms with Crippen molar-refractivity contribution >= 4 is 113 Å². The van der Waals surface area contributed by atoms with Crippen molar-refractivity contribution < 1.29 is 93.4 Å². The average molecular weight is 2150 g/mol. The van der Waals surface area contributed by atoms with Crippen molar-refractivity contribution in [1.82, 2.24) is 0 Å². The van der Waals surface area contributed by atoms with Gasteiger partial charge in [0.05, 0.1) is 74.8 Å². The highest BCUT2D eigenvalue weighted by atomic mass is 28.2. The number of halogens is 5. The maximum Gasteiger partial charge on any atom is 0.338 e. The molecule has 6 saturated carbocycles. The molecule has 0 N–H and O–H groups in total. The van der Waals surface area contributed by atoms with Crippen molar-refractivity contribution in [3.05, 3.63) is 251 Å². The number of esters is 7. The third-order valence-corrected chi connectivity index (χ3v) is 30.6. The van der Waals surface area contributed by atoms with Crippen molar-refractivity contribution in [2.75, 3.05) is 49.6 Å². The van der Waals surface area contributed by atoms with Crippen LogP contribution in [0.25, 0.3) is 0 Å². The first-order valence-corrected chi connectivity index (χ1v) is 63.4. The van der Waals surface area contributed by atoms with E-state index in [4.69, 9.17) is 37.9 Å². The summed E-state index contributed by atoms with van der Waals surface area (Å²) in [6.45, 7) is 39.5. The van der Waals surface area contributed by atoms with Gasteiger partial charge in [-0.15, -0.1) is 0 Å². The van der Waals surface area contributed by atoms with Crippen LogP contribution in [0.1, 0.15) is 365 Å². The Kier molecular flexibility index (Phi) is 93.8. The van der Waals surface area contributed by atoms with Gasteiger partial charge in [-0.1, -0.05) is 263 Å². The summed E-state index contributed by atoms with van der Waals surface area (Å²) in [5.74, 6) is 1.23. The topological polar surface area (TPSA) is 193 Å². The zero-order valence-electron chi connectivity index (χ0n) is 96.4. The maximum absolute atomic E-state index is 12.1. The Hall–Kier alpha value is -8.04. The van der Waals surface area contributed by atoms with Gasteiger partial charge in [-0.3, -0.25) is 22.0 Å². The van der Waals surface area contributed by atoms with Gasteiger partial charge in [-0.05, 0) is 307 Å². The Morgan fingerprint density at radius 2 is 0.497 bits per heavy atom. The molecule has 6 aliphatic carbocycles. The number of hydrogen-bond acceptors (Lipinski definition) is 15. The molecule has 6 fully saturated rings. The summed E-state index contributed by atoms with van der Waals surface area (Å²) in [6.07, 6.45) is 29.9. The first-order valence-electron chi connectivity index (χ1n) is 53.5. The molecule has 6 aliphatic rings. The minimum Gasteiger partial charge on any atom is -0.456 e. The Morgan fingerprint density at radius 1 is 0.297 bits per heavy atom. The number of carbonyl (C=O) groups excluding carboxylic acids is 7. The molecule has 13 rings (SSSR count). The van der Waals surface area contributed by atoms with Crippen LogP contribution in [0.2, 0.25) is 42.3 Å². The van der Waals surface area contributed by atoms with Gasteiger partial charge < -0.3 is 37.9 Å². The standard InChI is InChI=1S/2C15H18O2.C14H18O2.C13H16O2.C12H16O2.2C11H14O2.C4H12OSi.6C3H10Si.5CH3F/c2*1-15(10-11-7-8-13(15)9-11)17-14(16)12-5-3-2-4-6-12;1-14(10-6-3-7-11-14)16-13(15)12-8-4-2-5-9-12;1-13(9-5-6-10-13)15-12(14)11-7-3-2-4-8-11;1-4-12(2,3)14-11(13)10-8-6-5-7-9-10;2*1-11(2,3)13-10(12)9-7-5-4-6-8-9;1-5-3-2-4-6;6*1-2-3-4;5*1-2/h2*2-6,11,13H,7-10H2,1H3;2,4-5,8-9H,3,6-7,10-11H2,1H3;2-4,7-8H,5-6,9-10H2,1H3;5-9H,4H2,1-3H3;2*4-8H,1-3H3;2-4H2,1,6H3;6*2-3H2,1,4H3;5*1H3. The molecule has 0 aromatic heterocycles. The summed E-state index contributed by atoms with van der Waals surface area (Å²) in [4.78, 5) is 82.3. The third kappa shape index (κ3) is 73.7. The van der Waals surface area contributed by atoms with E-state index in [2.05, 4.69) is 55.4 Å². The van der Waals surface area contributed by atoms with Gasteiger partial charge in [0, 0.05) is 85.4 Å². The van der Waals surface area contributed by atoms with E-state index in [-0.39, 0.29) is 69.8 Å². The zero-order chi connectivity index (χ0) is 112. The quantitative estimate of drug-likeness (QED) is 0.0204. The highest BCUT2D eigenvalue weighted by Crippen LogP contribution is 2.54. The van der Waals surface area contributed by atoms with Crippen molar-refractivity contribution in [2.24, 2.45) is 23.7 Å². The highest BCUT2D eigenvalue weighted by molar-refractivity contribution is 6.09. The van der Waals surface area contributed by atoms with Crippen LogP contribution >= 0.6 is 0 Å². The lowest BCUT2D eigenvalue weighted by Crippen LogP contribution is -2.37. The second kappa shape index (κ2) is 92.1. The second-order valence-corrected chi connectivity index (χ2v) is 46.4. The largest absolute Gasteiger partial charge is 0.456 e. The Balaban J connectivity index is -0.000000366. The first-order chi connectivity index (χ1) is 69.2. The Bertz CT molecular complexity index is 4010. The Morgan fingerprint density at radius 3 is 0.662 bits per heavy atom. The molecule has 0 aliphatic heterocycles. The zero-order valence-corrected chi connectivity index (χ0v) is 110. The van der Waals surface area contributed by atoms with E-state index in [1.165, 1.54) is 230 Å². The molecule has 15 nitrogen and oxygen atoms in total. The number of alkyl halides is 5. The molecule has 7 aromatic carbocycles. The van der Waals surface area contributed by atoms with Crippen LogP contribution in [0.5, 0.6) is 0 Å². The summed E-state index contributed by atoms with van der Waals surface area (Å²) >= 11 is 0. The molecule has 6 unspecified atom stereocenters. The lowest BCUT2D eigenvalue weighted by molar-refractivity contribution is -0.0379. The molecule has 4 bridgehead atoms. The molecule has 0 heterocycles. The van der Waals surface area contributed by atoms with Crippen LogP contribution in [-0.4, -0.2) is 202 Å². The number of ether oxygens (including phenoxy) is 8. The summed E-state index contributed by atoms with van der Waals surface area (Å²) in [5, 5.41) is 0. The fourth-order valence-corrected chi connectivity index (χ4v) is 14.7. The molecule has 27 heteroatoms. The third-order valence-electron chi connectivity index (χ3n) is 23.9. The second-order valence-electron chi connectivity index (χ2n) is 39.4. The predicted octanol–water partition coefficient (Wildman–Crippen LogP) is 25.7. The molecule has 7 aromatic rings. The number of carbonyl (C=O) groups is 7. The van der Waals surface area contributed by atoms with Crippen LogP contribution in [0, 0.1) is 23.7 Å². The average Bonchev–Trinajstić information content (AvgIpc) is 1.63. The van der Waals surface area contributed by atoms with Crippen LogP contribution in [0.15, 0.2) is 212 Å². The van der Waals surface area contributed by atoms with E-state index in [0.29, 0.717) is 86.7 Å². The predicted molar refractivity (Wildman–Crippen MR) is 630 cm³/mol. The lowest BCUT2D eigenvalue weighted by atomic mass is 9.85. The monoisotopic (exact) mass is 2150 g/mol. The number of benzene rings is 7. The minimum atomic E-state index is -0.424. The minimum absolute atomic E-state index is 0.166. The van der Waals surface area contributed by atoms with Gasteiger partial charge in [-0.25, -0.2) is 33.6 Å². The van der Waals surface area contributed by atoms with Crippen molar-refractivity contribution in [3.63, 3.8) is 0 Å². The molecule has 6 atom stereocenters. The van der Waals surface area contributed by atoms with E-state index in [0.717, 1.165) is 63.4 Å². The van der Waals surface area contributed by atoms with Gasteiger partial charge in [0.15, 0.2) is 0 Å². The van der Waals surface area contributed by atoms with E-state index in [1.54, 1.807) is 67.8 Å². The number of fused-ring (bicyclic) bond motifs is 4. The first kappa shape index (κ1) is 148. The molecule has 0 saturated heterocycles. The maximum atomic E-state index is 12.1. The number of hydrogen-bond donors (Lipinski definition) is 0. The fraction of sp³-hybridized carbons (Fsp3) is 0.585. The molecule has 0 amide bonds. The summed E-state index contributed by atoms with van der Waals surface area (Å²) in [5.41, 5.74) is 2.29. The van der Waals surface area contributed by atoms with Crippen molar-refractivity contribution in [3.8, 4) is 0 Å². The lowest BCUT2D eigenvalue weighted by Gasteiger charge is -2.33. The van der Waals surface area contributed by atoms with E-state index in [9.17, 15) is 55.5 Å². The number of methoxy groups -OCH3 is 1. The van der Waals surface area contributed by atoms with Crippen molar-refractivity contribution in [1.29, 1.82) is 0 Å². The molecule has 145 heavy (non-hydrogen) atoms. The van der Waals surface area contributed by atoms with Crippen LogP contribution < -0.4 is 0 Å². The van der Waals surface area contributed by atoms with Gasteiger partial charge >= 0.3 is 41.8 Å². The van der Waals surface area contributed by atoms with Crippen molar-refractivity contribution in [2.45, 2.75) is 374 Å². The number of rotatable bonds is 22. The van der Waals surface area contributed by atoms with Gasteiger partial charge in [0.1, 0.15) is 39.2 Å². The normalized spacial score (nSPS) is 17.2. The molecule has 826 valence electrons. The summed E-state index contributed by atoms with van der Waals surface area (Å²) in [7, 11) is 13.9. The van der Waals surface area contributed by atoms with Gasteiger partial charge in [-0.2, -0.15) is 0 Å². The van der Waals surface area contributed by atoms with Gasteiger partial charge in [0.25, 0.3) is 0 Å². The smallest absolute Gasteiger partial charge is 0.338 e. The van der Waals surface area contributed by atoms with Crippen LogP contribution in [0.3, 0.4) is 0 Å². The molecular formula is C118H201F5O15Si7. The van der Waals surface area contributed by atoms with E-state index < -0.39 is 11.2 Å². The SMILES string of the molecule is CC(C)(C)OC(=O)c1ccccc1.CC(C)(C)OC(=O)c1ccccc1.CC1(OC(=O)c2ccccc2)CC2CCC1C2.CC1(OC(=O)c2ccccc2)CC2CCC1C2.CC1(OC(=O)c2ccccc2)CCCC1.CC1(OC(=O)c2ccccc2)CCCCC1.CCC(C)(C)OC(=O)c1ccccc1.CCC[SiH3].CCC[SiH3].CCC[SiH3].CCC[SiH3].CCC[SiH3].CCC[SiH3].CF.CF.CF.CF.CF.COCCC[SiH3]. The Labute approximate surface area is 899 Å². The fourth-order valence-electron chi connectivity index (χ4n) is 14.5. The molecule has 0 spiro atoms. The van der Waals surface area contributed by atoms with Gasteiger partial charge in [0.2, 0.25) is 0 Å². The van der Waals surface area contributed by atoms with Crippen LogP contribution in [-0.2, 0) is 37.9 Å². The van der Waals surface area contributed by atoms with E-state index >= 15 is 0 Å². The van der Waals surface area contributed by atoms with E-state index in [1.807, 2.05) is 228 Å². The molecular weight excluding hydrogens is 1950 g/mol. The summed E-state index contributed by atoms with van der Waals surface area (Å²) < 4.78 is 90.7. The molecule has 0 radical (unpaired) electrons. The summed E-state index contributed by atoms with van der Waals surface area (Å²) in [6, 6.07) is 74.2. The highest BCUT2D eigenvalue weighted by Gasteiger charge is 2.52.